The summed E-state index contributed by atoms with van der Waals surface area (Å²) in [6.07, 6.45) is 5.35. The molecule has 22 heavy (non-hydrogen) atoms. The summed E-state index contributed by atoms with van der Waals surface area (Å²) in [5.74, 6) is 0.793. The first-order chi connectivity index (χ1) is 10.8. The van der Waals surface area contributed by atoms with E-state index in [9.17, 15) is 4.79 Å². The number of amides is 2. The van der Waals surface area contributed by atoms with Crippen LogP contribution in [0.5, 0.6) is 0 Å². The van der Waals surface area contributed by atoms with Crippen LogP contribution in [-0.4, -0.2) is 27.1 Å². The number of thiophene rings is 1. The number of nitrogens with zero attached hydrogens (tertiary/aromatic N) is 3. The monoisotopic (exact) mass is 313 g/mol. The van der Waals surface area contributed by atoms with Gasteiger partial charge in [0.05, 0.1) is 5.00 Å². The Kier molecular flexibility index (Phi) is 4.45. The molecule has 6 nitrogen and oxygen atoms in total. The second-order valence-electron chi connectivity index (χ2n) is 4.52. The van der Waals surface area contributed by atoms with Crippen molar-refractivity contribution in [1.82, 2.24) is 19.9 Å². The molecule has 0 aliphatic heterocycles. The molecule has 3 rings (SSSR count). The molecule has 3 heterocycles. The van der Waals surface area contributed by atoms with E-state index in [0.717, 1.165) is 16.5 Å². The fourth-order valence-electron chi connectivity index (χ4n) is 2.01. The van der Waals surface area contributed by atoms with Gasteiger partial charge in [-0.05, 0) is 29.6 Å². The lowest BCUT2D eigenvalue weighted by Gasteiger charge is -2.09. The average Bonchev–Trinajstić information content (AvgIpc) is 3.20. The van der Waals surface area contributed by atoms with E-state index in [2.05, 4.69) is 20.6 Å². The zero-order valence-corrected chi connectivity index (χ0v) is 12.6. The van der Waals surface area contributed by atoms with Gasteiger partial charge in [0.2, 0.25) is 0 Å². The zero-order chi connectivity index (χ0) is 15.2. The largest absolute Gasteiger partial charge is 0.336 e. The molecule has 0 saturated heterocycles. The molecule has 2 N–H and O–H groups in total. The van der Waals surface area contributed by atoms with E-state index in [1.54, 1.807) is 12.4 Å². The lowest BCUT2D eigenvalue weighted by atomic mass is 10.3. The minimum absolute atomic E-state index is 0.207. The second-order valence-corrected chi connectivity index (χ2v) is 5.47. The number of urea groups is 1. The Hall–Kier alpha value is -2.67. The fourth-order valence-corrected chi connectivity index (χ4v) is 2.63. The topological polar surface area (TPSA) is 71.8 Å². The van der Waals surface area contributed by atoms with E-state index in [1.807, 2.05) is 46.5 Å². The van der Waals surface area contributed by atoms with Gasteiger partial charge in [0.25, 0.3) is 0 Å². The number of carbonyl (C=O) groups is 1. The van der Waals surface area contributed by atoms with Crippen molar-refractivity contribution < 1.29 is 4.79 Å². The number of carbonyl (C=O) groups excluding carboxylic acids is 1. The number of hydrogen-bond donors (Lipinski definition) is 2. The summed E-state index contributed by atoms with van der Waals surface area (Å²) in [6, 6.07) is 9.25. The van der Waals surface area contributed by atoms with E-state index in [1.165, 1.54) is 11.3 Å². The van der Waals surface area contributed by atoms with Crippen molar-refractivity contribution in [3.8, 4) is 11.5 Å². The summed E-state index contributed by atoms with van der Waals surface area (Å²) in [5.41, 5.74) is 0.815. The smallest absolute Gasteiger partial charge is 0.319 e. The minimum Gasteiger partial charge on any atom is -0.336 e. The lowest BCUT2D eigenvalue weighted by molar-refractivity contribution is 0.252. The molecule has 0 atom stereocenters. The lowest BCUT2D eigenvalue weighted by Crippen LogP contribution is -2.31. The Morgan fingerprint density at radius 2 is 2.14 bits per heavy atom. The molecule has 2 amide bonds. The zero-order valence-electron chi connectivity index (χ0n) is 11.8. The van der Waals surface area contributed by atoms with Crippen LogP contribution in [0.25, 0.3) is 11.5 Å². The highest BCUT2D eigenvalue weighted by Gasteiger charge is 2.07. The number of pyridine rings is 1. The first kappa shape index (κ1) is 14.3. The van der Waals surface area contributed by atoms with Gasteiger partial charge in [0.15, 0.2) is 5.82 Å². The van der Waals surface area contributed by atoms with Crippen molar-refractivity contribution in [2.75, 3.05) is 11.9 Å². The van der Waals surface area contributed by atoms with Crippen LogP contribution in [0, 0.1) is 0 Å². The predicted octanol–water partition coefficient (Wildman–Crippen LogP) is 2.83. The molecule has 0 aliphatic rings. The average molecular weight is 313 g/mol. The van der Waals surface area contributed by atoms with Crippen molar-refractivity contribution in [3.05, 3.63) is 54.3 Å². The fraction of sp³-hybridized carbons (Fsp3) is 0.133. The summed E-state index contributed by atoms with van der Waals surface area (Å²) in [5, 5.41) is 8.35. The van der Waals surface area contributed by atoms with Crippen molar-refractivity contribution in [1.29, 1.82) is 0 Å². The molecule has 0 bridgehead atoms. The van der Waals surface area contributed by atoms with E-state index in [0.29, 0.717) is 13.1 Å². The highest BCUT2D eigenvalue weighted by Crippen LogP contribution is 2.15. The van der Waals surface area contributed by atoms with Gasteiger partial charge in [0, 0.05) is 31.7 Å². The Morgan fingerprint density at radius 1 is 1.18 bits per heavy atom. The van der Waals surface area contributed by atoms with Crippen LogP contribution in [0.4, 0.5) is 9.80 Å². The molecule has 0 radical (unpaired) electrons. The van der Waals surface area contributed by atoms with Crippen molar-refractivity contribution in [2.24, 2.45) is 0 Å². The number of aromatic nitrogens is 3. The van der Waals surface area contributed by atoms with Gasteiger partial charge in [-0.3, -0.25) is 10.3 Å². The molecule has 3 aromatic heterocycles. The van der Waals surface area contributed by atoms with Crippen LogP contribution >= 0.6 is 11.3 Å². The second kappa shape index (κ2) is 6.86. The summed E-state index contributed by atoms with van der Waals surface area (Å²) in [4.78, 5) is 20.4. The maximum Gasteiger partial charge on any atom is 0.319 e. The molecule has 7 heteroatoms. The third-order valence-electron chi connectivity index (χ3n) is 3.01. The first-order valence-electron chi connectivity index (χ1n) is 6.84. The molecule has 0 saturated carbocycles. The van der Waals surface area contributed by atoms with Gasteiger partial charge in [-0.2, -0.15) is 0 Å². The number of nitrogens with one attached hydrogen (secondary N) is 2. The highest BCUT2D eigenvalue weighted by atomic mass is 32.1. The molecular weight excluding hydrogens is 298 g/mol. The van der Waals surface area contributed by atoms with Crippen LogP contribution in [0.3, 0.4) is 0 Å². The third kappa shape index (κ3) is 3.50. The molecule has 112 valence electrons. The molecule has 0 aliphatic carbocycles. The SMILES string of the molecule is O=C(NCCn1ccnc1-c1ccccn1)Nc1cccs1. The van der Waals surface area contributed by atoms with Crippen molar-refractivity contribution in [3.63, 3.8) is 0 Å². The molecule has 0 aromatic carbocycles. The summed E-state index contributed by atoms with van der Waals surface area (Å²) >= 11 is 1.49. The maximum absolute atomic E-state index is 11.7. The highest BCUT2D eigenvalue weighted by molar-refractivity contribution is 7.14. The molecule has 3 aromatic rings. The Morgan fingerprint density at radius 3 is 2.91 bits per heavy atom. The summed E-state index contributed by atoms with van der Waals surface area (Å²) in [7, 11) is 0. The normalized spacial score (nSPS) is 10.4. The van der Waals surface area contributed by atoms with Crippen molar-refractivity contribution >= 4 is 22.4 Å². The Labute approximate surface area is 131 Å². The Balaban J connectivity index is 1.54. The van der Waals surface area contributed by atoms with Crippen LogP contribution in [0.2, 0.25) is 0 Å². The summed E-state index contributed by atoms with van der Waals surface area (Å²) < 4.78 is 1.97. The van der Waals surface area contributed by atoms with E-state index < -0.39 is 0 Å². The molecule has 0 unspecified atom stereocenters. The molecule has 0 fully saturated rings. The van der Waals surface area contributed by atoms with Crippen LogP contribution in [0.1, 0.15) is 0 Å². The first-order valence-corrected chi connectivity index (χ1v) is 7.72. The van der Waals surface area contributed by atoms with Crippen LogP contribution in [0.15, 0.2) is 54.3 Å². The minimum atomic E-state index is -0.207. The van der Waals surface area contributed by atoms with Crippen molar-refractivity contribution in [2.45, 2.75) is 6.54 Å². The van der Waals surface area contributed by atoms with Crippen LogP contribution in [-0.2, 0) is 6.54 Å². The number of imidazole rings is 1. The van der Waals surface area contributed by atoms with Crippen LogP contribution < -0.4 is 10.6 Å². The van der Waals surface area contributed by atoms with Gasteiger partial charge in [-0.15, -0.1) is 11.3 Å². The Bertz CT molecular complexity index is 723. The third-order valence-corrected chi connectivity index (χ3v) is 3.79. The van der Waals surface area contributed by atoms with Gasteiger partial charge in [-0.25, -0.2) is 9.78 Å². The number of rotatable bonds is 5. The number of anilines is 1. The van der Waals surface area contributed by atoms with Gasteiger partial charge in [-0.1, -0.05) is 6.07 Å². The molecular formula is C15H15N5OS. The van der Waals surface area contributed by atoms with E-state index in [4.69, 9.17) is 0 Å². The van der Waals surface area contributed by atoms with Gasteiger partial charge >= 0.3 is 6.03 Å². The van der Waals surface area contributed by atoms with E-state index >= 15 is 0 Å². The summed E-state index contributed by atoms with van der Waals surface area (Å²) in [6.45, 7) is 1.14. The standard InChI is InChI=1S/C15H15N5OS/c21-15(19-13-5-3-11-22-13)18-8-10-20-9-7-17-14(20)12-4-1-2-6-16-12/h1-7,9,11H,8,10H2,(H2,18,19,21). The van der Waals surface area contributed by atoms with Gasteiger partial charge < -0.3 is 9.88 Å². The predicted molar refractivity (Wildman–Crippen MR) is 86.8 cm³/mol. The maximum atomic E-state index is 11.7. The van der Waals surface area contributed by atoms with E-state index in [-0.39, 0.29) is 6.03 Å². The number of hydrogen-bond acceptors (Lipinski definition) is 4. The quantitative estimate of drug-likeness (QED) is 0.761. The van der Waals surface area contributed by atoms with Gasteiger partial charge in [0.1, 0.15) is 5.69 Å². The molecule has 0 spiro atoms.